The molecule has 0 aliphatic heterocycles. The Morgan fingerprint density at radius 1 is 1.07 bits per heavy atom. The van der Waals surface area contributed by atoms with Gasteiger partial charge in [0.2, 0.25) is 0 Å². The van der Waals surface area contributed by atoms with Gasteiger partial charge in [-0.2, -0.15) is 0 Å². The Bertz CT molecular complexity index is 306. The van der Waals surface area contributed by atoms with Gasteiger partial charge in [0.05, 0.1) is 0 Å². The summed E-state index contributed by atoms with van der Waals surface area (Å²) in [6.07, 6.45) is 1.89. The van der Waals surface area contributed by atoms with E-state index in [9.17, 15) is 0 Å². The molecule has 0 heterocycles. The third-order valence-electron chi connectivity index (χ3n) is 2.57. The lowest BCUT2D eigenvalue weighted by molar-refractivity contribution is 1.09. The Kier molecular flexibility index (Phi) is 4.04. The van der Waals surface area contributed by atoms with Crippen molar-refractivity contribution in [1.82, 2.24) is 0 Å². The number of benzene rings is 1. The topological polar surface area (TPSA) is 52.0 Å². The number of aryl methyl sites for hydroxylation is 1. The molecule has 0 saturated carbocycles. The van der Waals surface area contributed by atoms with E-state index >= 15 is 0 Å². The average molecular weight is 304 g/mol. The van der Waals surface area contributed by atoms with Gasteiger partial charge < -0.3 is 11.5 Å². The number of alkyl halides is 1. The summed E-state index contributed by atoms with van der Waals surface area (Å²) in [5.74, 6) is 0. The summed E-state index contributed by atoms with van der Waals surface area (Å²) in [4.78, 5) is 0. The molecule has 0 atom stereocenters. The Hall–Kier alpha value is -0.450. The normalized spacial score (nSPS) is 10.5. The summed E-state index contributed by atoms with van der Waals surface area (Å²) in [7, 11) is 0. The second kappa shape index (κ2) is 4.87. The van der Waals surface area contributed by atoms with E-state index in [1.165, 1.54) is 11.1 Å². The van der Waals surface area contributed by atoms with Crippen LogP contribution < -0.4 is 11.5 Å². The molecule has 1 aromatic rings. The highest BCUT2D eigenvalue weighted by Gasteiger charge is 2.10. The fourth-order valence-electron chi connectivity index (χ4n) is 1.68. The first-order valence-corrected chi connectivity index (χ1v) is 6.42. The van der Waals surface area contributed by atoms with E-state index in [0.29, 0.717) is 0 Å². The molecule has 0 aliphatic rings. The Balaban J connectivity index is 3.39. The van der Waals surface area contributed by atoms with Gasteiger partial charge in [-0.1, -0.05) is 42.5 Å². The van der Waals surface area contributed by atoms with Gasteiger partial charge in [0.25, 0.3) is 0 Å². The van der Waals surface area contributed by atoms with Crippen molar-refractivity contribution in [3.8, 4) is 0 Å². The van der Waals surface area contributed by atoms with Crippen LogP contribution in [0.3, 0.4) is 0 Å². The van der Waals surface area contributed by atoms with E-state index in [1.807, 2.05) is 0 Å². The van der Waals surface area contributed by atoms with Crippen LogP contribution in [-0.2, 0) is 17.3 Å². The number of halogens is 1. The molecule has 1 rings (SSSR count). The molecule has 0 aliphatic carbocycles. The van der Waals surface area contributed by atoms with Crippen LogP contribution in [0.4, 0.5) is 11.4 Å². The lowest BCUT2D eigenvalue weighted by Gasteiger charge is -2.15. The van der Waals surface area contributed by atoms with Gasteiger partial charge in [0.15, 0.2) is 0 Å². The molecule has 0 radical (unpaired) electrons. The summed E-state index contributed by atoms with van der Waals surface area (Å²) < 4.78 is 0.948. The van der Waals surface area contributed by atoms with Crippen molar-refractivity contribution in [1.29, 1.82) is 0 Å². The standard InChI is InChI=1S/C11H17IN2/c1-3-7-5-8(6-12)11(14)9(4-2)10(7)13/h5H,3-4,6,13-14H2,1-2H3. The van der Waals surface area contributed by atoms with Crippen LogP contribution in [0.25, 0.3) is 0 Å². The fourth-order valence-corrected chi connectivity index (χ4v) is 2.31. The maximum atomic E-state index is 6.05. The van der Waals surface area contributed by atoms with Crippen LogP contribution in [0, 0.1) is 0 Å². The van der Waals surface area contributed by atoms with E-state index < -0.39 is 0 Å². The van der Waals surface area contributed by atoms with Crippen LogP contribution >= 0.6 is 22.6 Å². The minimum Gasteiger partial charge on any atom is -0.398 e. The number of anilines is 2. The highest BCUT2D eigenvalue weighted by Crippen LogP contribution is 2.30. The summed E-state index contributed by atoms with van der Waals surface area (Å²) in [5, 5.41) is 0. The molecule has 14 heavy (non-hydrogen) atoms. The molecule has 0 saturated heterocycles. The third kappa shape index (κ3) is 1.97. The van der Waals surface area contributed by atoms with Crippen LogP contribution in [0.5, 0.6) is 0 Å². The van der Waals surface area contributed by atoms with Crippen molar-refractivity contribution in [3.05, 3.63) is 22.8 Å². The number of hydrogen-bond donors (Lipinski definition) is 2. The molecule has 0 aromatic heterocycles. The van der Waals surface area contributed by atoms with Gasteiger partial charge in [-0.15, -0.1) is 0 Å². The summed E-state index contributed by atoms with van der Waals surface area (Å²) in [5.41, 5.74) is 17.4. The van der Waals surface area contributed by atoms with E-state index in [4.69, 9.17) is 11.5 Å². The number of hydrogen-bond acceptors (Lipinski definition) is 2. The molecular weight excluding hydrogens is 287 g/mol. The predicted octanol–water partition coefficient (Wildman–Crippen LogP) is 2.91. The molecule has 3 heteroatoms. The van der Waals surface area contributed by atoms with Crippen LogP contribution in [0.1, 0.15) is 30.5 Å². The minimum atomic E-state index is 0.886. The van der Waals surface area contributed by atoms with Gasteiger partial charge >= 0.3 is 0 Å². The molecule has 2 nitrogen and oxygen atoms in total. The Morgan fingerprint density at radius 2 is 1.64 bits per heavy atom. The molecule has 78 valence electrons. The van der Waals surface area contributed by atoms with Crippen LogP contribution in [0.15, 0.2) is 6.07 Å². The SMILES string of the molecule is CCc1cc(CI)c(N)c(CC)c1N. The van der Waals surface area contributed by atoms with Gasteiger partial charge in [0, 0.05) is 15.8 Å². The number of rotatable bonds is 3. The second-order valence-corrected chi connectivity index (χ2v) is 4.10. The zero-order chi connectivity index (χ0) is 10.7. The Labute approximate surface area is 99.2 Å². The van der Waals surface area contributed by atoms with Crippen LogP contribution in [0.2, 0.25) is 0 Å². The smallest absolute Gasteiger partial charge is 0.0407 e. The predicted molar refractivity (Wildman–Crippen MR) is 71.7 cm³/mol. The molecule has 0 unspecified atom stereocenters. The molecule has 4 N–H and O–H groups in total. The second-order valence-electron chi connectivity index (χ2n) is 3.34. The van der Waals surface area contributed by atoms with Gasteiger partial charge in [-0.05, 0) is 29.5 Å². The van der Waals surface area contributed by atoms with Crippen molar-refractivity contribution in [2.24, 2.45) is 0 Å². The number of nitrogens with two attached hydrogens (primary N) is 2. The van der Waals surface area contributed by atoms with Crippen molar-refractivity contribution in [2.75, 3.05) is 11.5 Å². The molecule has 0 fully saturated rings. The summed E-state index contributed by atoms with van der Waals surface area (Å²) in [6, 6.07) is 2.14. The zero-order valence-corrected chi connectivity index (χ0v) is 10.9. The largest absolute Gasteiger partial charge is 0.398 e. The van der Waals surface area contributed by atoms with Crippen molar-refractivity contribution in [2.45, 2.75) is 31.1 Å². The Morgan fingerprint density at radius 3 is 2.07 bits per heavy atom. The molecule has 0 spiro atoms. The van der Waals surface area contributed by atoms with E-state index in [-0.39, 0.29) is 0 Å². The van der Waals surface area contributed by atoms with Crippen molar-refractivity contribution >= 4 is 34.0 Å². The quantitative estimate of drug-likeness (QED) is 0.512. The highest BCUT2D eigenvalue weighted by atomic mass is 127. The monoisotopic (exact) mass is 304 g/mol. The van der Waals surface area contributed by atoms with E-state index in [1.54, 1.807) is 0 Å². The molecule has 0 bridgehead atoms. The first-order chi connectivity index (χ1) is 6.65. The van der Waals surface area contributed by atoms with Gasteiger partial charge in [-0.3, -0.25) is 0 Å². The maximum absolute atomic E-state index is 6.05. The van der Waals surface area contributed by atoms with E-state index in [0.717, 1.165) is 34.2 Å². The van der Waals surface area contributed by atoms with Gasteiger partial charge in [-0.25, -0.2) is 0 Å². The molecular formula is C11H17IN2. The fraction of sp³-hybridized carbons (Fsp3) is 0.455. The average Bonchev–Trinajstić information content (AvgIpc) is 2.19. The highest BCUT2D eigenvalue weighted by molar-refractivity contribution is 14.1. The minimum absolute atomic E-state index is 0.886. The van der Waals surface area contributed by atoms with Crippen LogP contribution in [-0.4, -0.2) is 0 Å². The first kappa shape index (κ1) is 11.6. The maximum Gasteiger partial charge on any atom is 0.0407 e. The van der Waals surface area contributed by atoms with E-state index in [2.05, 4.69) is 42.5 Å². The summed E-state index contributed by atoms with van der Waals surface area (Å²) in [6.45, 7) is 4.22. The first-order valence-electron chi connectivity index (χ1n) is 4.90. The zero-order valence-electron chi connectivity index (χ0n) is 8.73. The van der Waals surface area contributed by atoms with Crippen molar-refractivity contribution in [3.63, 3.8) is 0 Å². The van der Waals surface area contributed by atoms with Crippen molar-refractivity contribution < 1.29 is 0 Å². The summed E-state index contributed by atoms with van der Waals surface area (Å²) >= 11 is 2.34. The number of nitrogen functional groups attached to an aromatic ring is 2. The lowest BCUT2D eigenvalue weighted by atomic mass is 9.98. The van der Waals surface area contributed by atoms with Gasteiger partial charge in [0.1, 0.15) is 0 Å². The molecule has 0 amide bonds. The third-order valence-corrected chi connectivity index (χ3v) is 3.39. The molecule has 1 aromatic carbocycles. The lowest BCUT2D eigenvalue weighted by Crippen LogP contribution is -2.06.